The van der Waals surface area contributed by atoms with E-state index in [-0.39, 0.29) is 30.3 Å². The van der Waals surface area contributed by atoms with Crippen LogP contribution in [0, 0.1) is 11.8 Å². The lowest BCUT2D eigenvalue weighted by molar-refractivity contribution is -0.141. The lowest BCUT2D eigenvalue weighted by Crippen LogP contribution is -2.36. The first-order chi connectivity index (χ1) is 17.4. The Labute approximate surface area is 211 Å². The van der Waals surface area contributed by atoms with Crippen molar-refractivity contribution in [1.29, 1.82) is 0 Å². The van der Waals surface area contributed by atoms with Gasteiger partial charge in [-0.2, -0.15) is 0 Å². The molecule has 2 aliphatic rings. The van der Waals surface area contributed by atoms with Gasteiger partial charge in [0.05, 0.1) is 18.4 Å². The van der Waals surface area contributed by atoms with Gasteiger partial charge in [0, 0.05) is 12.1 Å². The number of ether oxygens (including phenoxy) is 1. The van der Waals surface area contributed by atoms with Crippen LogP contribution in [0.25, 0.3) is 0 Å². The van der Waals surface area contributed by atoms with E-state index in [1.807, 2.05) is 54.6 Å². The molecule has 0 saturated heterocycles. The number of nitrogens with one attached hydrogen (secondary N) is 1. The average molecular weight is 492 g/mol. The molecule has 4 rings (SSSR count). The molecule has 2 amide bonds. The van der Waals surface area contributed by atoms with E-state index in [2.05, 4.69) is 10.4 Å². The average Bonchev–Trinajstić information content (AvgIpc) is 3.41. The van der Waals surface area contributed by atoms with Gasteiger partial charge in [0.15, 0.2) is 6.61 Å². The first kappa shape index (κ1) is 25.4. The van der Waals surface area contributed by atoms with Crippen LogP contribution in [-0.4, -0.2) is 46.9 Å². The summed E-state index contributed by atoms with van der Waals surface area (Å²) in [6.45, 7) is 2.24. The molecule has 1 aliphatic carbocycles. The Bertz CT molecular complexity index is 1090. The van der Waals surface area contributed by atoms with Gasteiger partial charge in [0.25, 0.3) is 5.91 Å². The number of nitrogens with zero attached hydrogens (tertiary/aromatic N) is 2. The first-order valence-electron chi connectivity index (χ1n) is 12.6. The van der Waals surface area contributed by atoms with E-state index in [0.717, 1.165) is 42.4 Å². The zero-order valence-electron chi connectivity index (χ0n) is 20.6. The third kappa shape index (κ3) is 6.30. The van der Waals surface area contributed by atoms with E-state index in [0.29, 0.717) is 25.4 Å². The number of amides is 2. The van der Waals surface area contributed by atoms with E-state index < -0.39 is 11.9 Å². The molecule has 0 radical (unpaired) electrons. The molecular weight excluding hydrogens is 458 g/mol. The number of benzene rings is 2. The van der Waals surface area contributed by atoms with Crippen molar-refractivity contribution in [1.82, 2.24) is 10.3 Å². The SMILES string of the molecule is CC(CCNC(=O)C(c1ccc(CN2N=C(c3ccccc3)OCC2=O)cc1)C1CCCC1)C(=O)O. The third-order valence-electron chi connectivity index (χ3n) is 6.98. The van der Waals surface area contributed by atoms with E-state index in [4.69, 9.17) is 9.84 Å². The molecule has 8 nitrogen and oxygen atoms in total. The predicted octanol–water partition coefficient (Wildman–Crippen LogP) is 3.91. The van der Waals surface area contributed by atoms with Crippen LogP contribution in [0.15, 0.2) is 59.7 Å². The molecule has 2 atom stereocenters. The van der Waals surface area contributed by atoms with Gasteiger partial charge in [-0.3, -0.25) is 14.4 Å². The molecule has 2 N–H and O–H groups in total. The molecule has 2 unspecified atom stereocenters. The molecule has 0 bridgehead atoms. The number of hydrazone groups is 1. The minimum Gasteiger partial charge on any atom is -0.481 e. The topological polar surface area (TPSA) is 108 Å². The molecule has 1 fully saturated rings. The molecule has 8 heteroatoms. The summed E-state index contributed by atoms with van der Waals surface area (Å²) in [7, 11) is 0. The standard InChI is InChI=1S/C28H33N3O5/c1-19(28(34)35)15-16-29-26(33)25(21-7-5-6-8-21)22-13-11-20(12-14-22)17-31-24(32)18-36-27(30-31)23-9-3-2-4-10-23/h2-4,9-14,19,21,25H,5-8,15-18H2,1H3,(H,29,33)(H,34,35). The summed E-state index contributed by atoms with van der Waals surface area (Å²) < 4.78 is 5.52. The number of carboxylic acids is 1. The van der Waals surface area contributed by atoms with Crippen LogP contribution >= 0.6 is 0 Å². The Morgan fingerprint density at radius 3 is 2.47 bits per heavy atom. The van der Waals surface area contributed by atoms with E-state index in [9.17, 15) is 14.4 Å². The van der Waals surface area contributed by atoms with Gasteiger partial charge in [0.2, 0.25) is 11.8 Å². The molecule has 1 heterocycles. The summed E-state index contributed by atoms with van der Waals surface area (Å²) in [5.74, 6) is -1.19. The van der Waals surface area contributed by atoms with Crippen LogP contribution in [0.3, 0.4) is 0 Å². The van der Waals surface area contributed by atoms with Crippen molar-refractivity contribution in [2.45, 2.75) is 51.5 Å². The second-order valence-corrected chi connectivity index (χ2v) is 9.59. The minimum atomic E-state index is -0.855. The van der Waals surface area contributed by atoms with Crippen molar-refractivity contribution in [3.8, 4) is 0 Å². The maximum absolute atomic E-state index is 13.2. The summed E-state index contributed by atoms with van der Waals surface area (Å²) >= 11 is 0. The molecule has 190 valence electrons. The molecule has 0 aromatic heterocycles. The van der Waals surface area contributed by atoms with Crippen molar-refractivity contribution in [2.75, 3.05) is 13.2 Å². The summed E-state index contributed by atoms with van der Waals surface area (Å²) in [5, 5.41) is 17.9. The number of aliphatic carboxylic acids is 1. The zero-order valence-corrected chi connectivity index (χ0v) is 20.6. The normalized spacial score (nSPS) is 17.8. The number of carboxylic acid groups (broad SMARTS) is 1. The van der Waals surface area contributed by atoms with Crippen LogP contribution in [0.4, 0.5) is 0 Å². The molecular formula is C28H33N3O5. The number of carbonyl (C=O) groups excluding carboxylic acids is 2. The van der Waals surface area contributed by atoms with Gasteiger partial charge in [-0.25, -0.2) is 5.01 Å². The Hall–Kier alpha value is -3.68. The highest BCUT2D eigenvalue weighted by molar-refractivity contribution is 5.97. The Kier molecular flexibility index (Phi) is 8.36. The fourth-order valence-electron chi connectivity index (χ4n) is 4.82. The summed E-state index contributed by atoms with van der Waals surface area (Å²) in [5.41, 5.74) is 2.66. The highest BCUT2D eigenvalue weighted by atomic mass is 16.5. The van der Waals surface area contributed by atoms with Gasteiger partial charge >= 0.3 is 5.97 Å². The first-order valence-corrected chi connectivity index (χ1v) is 12.6. The molecule has 2 aromatic rings. The smallest absolute Gasteiger partial charge is 0.306 e. The van der Waals surface area contributed by atoms with Gasteiger partial charge < -0.3 is 15.2 Å². The molecule has 1 saturated carbocycles. The number of hydrogen-bond acceptors (Lipinski definition) is 5. The zero-order chi connectivity index (χ0) is 25.5. The van der Waals surface area contributed by atoms with Gasteiger partial charge in [-0.05, 0) is 48.4 Å². The minimum absolute atomic E-state index is 0.0484. The fraction of sp³-hybridized carbons (Fsp3) is 0.429. The van der Waals surface area contributed by atoms with Crippen LogP contribution in [0.2, 0.25) is 0 Å². The Balaban J connectivity index is 1.45. The van der Waals surface area contributed by atoms with Crippen LogP contribution < -0.4 is 5.32 Å². The van der Waals surface area contributed by atoms with Gasteiger partial charge in [-0.1, -0.05) is 62.2 Å². The summed E-state index contributed by atoms with van der Waals surface area (Å²) in [6, 6.07) is 17.3. The molecule has 36 heavy (non-hydrogen) atoms. The fourth-order valence-corrected chi connectivity index (χ4v) is 4.82. The van der Waals surface area contributed by atoms with Crippen LogP contribution in [-0.2, 0) is 25.7 Å². The maximum Gasteiger partial charge on any atom is 0.306 e. The lowest BCUT2D eigenvalue weighted by Gasteiger charge is -2.25. The van der Waals surface area contributed by atoms with Crippen molar-refractivity contribution in [3.05, 3.63) is 71.3 Å². The highest BCUT2D eigenvalue weighted by Gasteiger charge is 2.32. The van der Waals surface area contributed by atoms with Gasteiger partial charge in [0.1, 0.15) is 0 Å². The Morgan fingerprint density at radius 2 is 1.81 bits per heavy atom. The van der Waals surface area contributed by atoms with Crippen molar-refractivity contribution >= 4 is 23.7 Å². The van der Waals surface area contributed by atoms with E-state index in [1.165, 1.54) is 5.01 Å². The number of hydrogen-bond donors (Lipinski definition) is 2. The number of rotatable bonds is 10. The molecule has 2 aromatic carbocycles. The third-order valence-corrected chi connectivity index (χ3v) is 6.98. The monoisotopic (exact) mass is 491 g/mol. The van der Waals surface area contributed by atoms with E-state index >= 15 is 0 Å². The van der Waals surface area contributed by atoms with Crippen molar-refractivity contribution < 1.29 is 24.2 Å². The van der Waals surface area contributed by atoms with Crippen molar-refractivity contribution in [3.63, 3.8) is 0 Å². The lowest BCUT2D eigenvalue weighted by atomic mass is 9.83. The van der Waals surface area contributed by atoms with Gasteiger partial charge in [-0.15, -0.1) is 5.10 Å². The summed E-state index contributed by atoms with van der Waals surface area (Å²) in [4.78, 5) is 36.6. The highest BCUT2D eigenvalue weighted by Crippen LogP contribution is 2.37. The molecule has 0 spiro atoms. The largest absolute Gasteiger partial charge is 0.481 e. The van der Waals surface area contributed by atoms with E-state index in [1.54, 1.807) is 6.92 Å². The van der Waals surface area contributed by atoms with Crippen molar-refractivity contribution in [2.24, 2.45) is 16.9 Å². The van der Waals surface area contributed by atoms with Crippen LogP contribution in [0.5, 0.6) is 0 Å². The maximum atomic E-state index is 13.2. The number of carbonyl (C=O) groups is 3. The second-order valence-electron chi connectivity index (χ2n) is 9.59. The molecule has 1 aliphatic heterocycles. The Morgan fingerprint density at radius 1 is 1.11 bits per heavy atom. The van der Waals surface area contributed by atoms with Crippen LogP contribution in [0.1, 0.15) is 61.6 Å². The summed E-state index contributed by atoms with van der Waals surface area (Å²) in [6.07, 6.45) is 4.64. The quantitative estimate of drug-likeness (QED) is 0.524. The second kappa shape index (κ2) is 11.8. The predicted molar refractivity (Wildman–Crippen MR) is 135 cm³/mol.